The fraction of sp³-hybridized carbons (Fsp3) is 0.650. The molecule has 0 unspecified atom stereocenters. The Morgan fingerprint density at radius 3 is 2.50 bits per heavy atom. The van der Waals surface area contributed by atoms with Crippen LogP contribution in [0.1, 0.15) is 50.5 Å². The molecule has 142 valence electrons. The summed E-state index contributed by atoms with van der Waals surface area (Å²) in [6, 6.07) is 7.48. The number of hydrogen-bond donors (Lipinski definition) is 0. The predicted octanol–water partition coefficient (Wildman–Crippen LogP) is 4.48. The number of rotatable bonds is 3. The maximum absolute atomic E-state index is 14.4. The summed E-state index contributed by atoms with van der Waals surface area (Å²) in [6.07, 6.45) is 5.65. The molecule has 1 aromatic rings. The van der Waals surface area contributed by atoms with Crippen molar-refractivity contribution in [2.24, 2.45) is 0 Å². The lowest BCUT2D eigenvalue weighted by Gasteiger charge is -2.36. The summed E-state index contributed by atoms with van der Waals surface area (Å²) in [7, 11) is 0. The molecule has 1 aliphatic carbocycles. The molecule has 0 radical (unpaired) electrons. The molecule has 0 bridgehead atoms. The third-order valence-corrected chi connectivity index (χ3v) is 6.56. The smallest absolute Gasteiger partial charge is 0.262 e. The summed E-state index contributed by atoms with van der Waals surface area (Å²) in [5, 5.41) is 0.621. The monoisotopic (exact) mass is 382 g/mol. The Morgan fingerprint density at radius 2 is 1.81 bits per heavy atom. The van der Waals surface area contributed by atoms with Crippen LogP contribution in [0.4, 0.5) is 8.78 Å². The van der Waals surface area contributed by atoms with Crippen molar-refractivity contribution >= 4 is 17.5 Å². The Morgan fingerprint density at radius 1 is 1.12 bits per heavy atom. The van der Waals surface area contributed by atoms with E-state index < -0.39 is 11.5 Å². The Labute approximate surface area is 158 Å². The lowest BCUT2D eigenvalue weighted by molar-refractivity contribution is -0.139. The van der Waals surface area contributed by atoms with Gasteiger partial charge in [-0.1, -0.05) is 43.0 Å². The van der Waals surface area contributed by atoms with Crippen molar-refractivity contribution in [2.45, 2.75) is 69.0 Å². The van der Waals surface area contributed by atoms with Gasteiger partial charge in [-0.25, -0.2) is 8.78 Å². The normalized spacial score (nSPS) is 29.8. The van der Waals surface area contributed by atoms with Crippen LogP contribution in [0.15, 0.2) is 24.3 Å². The molecule has 3 fully saturated rings. The first-order valence-corrected chi connectivity index (χ1v) is 9.96. The van der Waals surface area contributed by atoms with Gasteiger partial charge in [0, 0.05) is 30.6 Å². The summed E-state index contributed by atoms with van der Waals surface area (Å²) in [5.74, 6) is -2.89. The van der Waals surface area contributed by atoms with E-state index in [9.17, 15) is 13.6 Å². The van der Waals surface area contributed by atoms with Crippen molar-refractivity contribution in [2.75, 3.05) is 13.1 Å². The second kappa shape index (κ2) is 6.75. The van der Waals surface area contributed by atoms with Crippen LogP contribution in [0.3, 0.4) is 0 Å². The first-order valence-electron chi connectivity index (χ1n) is 9.58. The highest BCUT2D eigenvalue weighted by atomic mass is 35.5. The maximum atomic E-state index is 14.4. The lowest BCUT2D eigenvalue weighted by Crippen LogP contribution is -2.51. The standard InChI is InChI=1S/C20H25ClF2N2O/c21-16-8-6-15(7-9-16)12-24-14-20(22,23)13-19(24)10-11-25(18(19)26)17-4-2-1-3-5-17/h6-9,17H,1-5,10-14H2/t19-/m0/s1. The average Bonchev–Trinajstić information content (AvgIpc) is 3.07. The largest absolute Gasteiger partial charge is 0.338 e. The molecule has 1 spiro atoms. The predicted molar refractivity (Wildman–Crippen MR) is 97.4 cm³/mol. The van der Waals surface area contributed by atoms with E-state index in [4.69, 9.17) is 11.6 Å². The van der Waals surface area contributed by atoms with Crippen LogP contribution < -0.4 is 0 Å². The number of nitrogens with zero attached hydrogens (tertiary/aromatic N) is 2. The first kappa shape index (κ1) is 18.2. The molecule has 0 aromatic heterocycles. The molecule has 6 heteroatoms. The van der Waals surface area contributed by atoms with Crippen LogP contribution in [0, 0.1) is 0 Å². The van der Waals surface area contributed by atoms with Gasteiger partial charge in [-0.2, -0.15) is 0 Å². The number of halogens is 3. The molecular formula is C20H25ClF2N2O. The van der Waals surface area contributed by atoms with Gasteiger partial charge in [0.2, 0.25) is 5.91 Å². The highest BCUT2D eigenvalue weighted by molar-refractivity contribution is 6.30. The van der Waals surface area contributed by atoms with Crippen molar-refractivity contribution in [3.8, 4) is 0 Å². The second-order valence-corrected chi connectivity index (χ2v) is 8.52. The zero-order valence-electron chi connectivity index (χ0n) is 14.9. The Balaban J connectivity index is 1.57. The van der Waals surface area contributed by atoms with Crippen LogP contribution in [-0.4, -0.2) is 46.3 Å². The number of benzene rings is 1. The molecular weight excluding hydrogens is 358 g/mol. The molecule has 1 atom stereocenters. The van der Waals surface area contributed by atoms with Crippen LogP contribution >= 0.6 is 11.6 Å². The van der Waals surface area contributed by atoms with E-state index in [0.29, 0.717) is 24.5 Å². The molecule has 1 aromatic carbocycles. The van der Waals surface area contributed by atoms with E-state index in [0.717, 1.165) is 31.2 Å². The molecule has 4 rings (SSSR count). The summed E-state index contributed by atoms with van der Waals surface area (Å²) < 4.78 is 28.7. The maximum Gasteiger partial charge on any atom is 0.262 e. The molecule has 1 saturated carbocycles. The van der Waals surface area contributed by atoms with Crippen molar-refractivity contribution in [1.29, 1.82) is 0 Å². The fourth-order valence-corrected chi connectivity index (χ4v) is 5.15. The average molecular weight is 383 g/mol. The van der Waals surface area contributed by atoms with Crippen LogP contribution in [0.25, 0.3) is 0 Å². The summed E-state index contributed by atoms with van der Waals surface area (Å²) in [4.78, 5) is 16.9. The Kier molecular flexibility index (Phi) is 4.72. The van der Waals surface area contributed by atoms with Gasteiger partial charge in [0.1, 0.15) is 5.54 Å². The molecule has 26 heavy (non-hydrogen) atoms. The number of carbonyl (C=O) groups is 1. The second-order valence-electron chi connectivity index (χ2n) is 8.09. The van der Waals surface area contributed by atoms with Gasteiger partial charge in [0.15, 0.2) is 0 Å². The zero-order chi connectivity index (χ0) is 18.4. The number of carbonyl (C=O) groups excluding carboxylic acids is 1. The quantitative estimate of drug-likeness (QED) is 0.769. The third-order valence-electron chi connectivity index (χ3n) is 6.31. The fourth-order valence-electron chi connectivity index (χ4n) is 5.02. The lowest BCUT2D eigenvalue weighted by atomic mass is 9.91. The van der Waals surface area contributed by atoms with Crippen LogP contribution in [-0.2, 0) is 11.3 Å². The molecule has 3 nitrogen and oxygen atoms in total. The van der Waals surface area contributed by atoms with Crippen molar-refractivity contribution in [1.82, 2.24) is 9.80 Å². The summed E-state index contributed by atoms with van der Waals surface area (Å²) in [5.41, 5.74) is -0.129. The van der Waals surface area contributed by atoms with Gasteiger partial charge in [-0.3, -0.25) is 9.69 Å². The Bertz CT molecular complexity index is 675. The molecule has 1 amide bonds. The SMILES string of the molecule is O=C1N(C2CCCCC2)CC[C@]12CC(F)(F)CN2Cc1ccc(Cl)cc1. The van der Waals surface area contributed by atoms with Crippen LogP contribution in [0.5, 0.6) is 0 Å². The highest BCUT2D eigenvalue weighted by Gasteiger charge is 2.62. The minimum absolute atomic E-state index is 0.0736. The summed E-state index contributed by atoms with van der Waals surface area (Å²) >= 11 is 5.93. The first-order chi connectivity index (χ1) is 12.4. The molecule has 2 heterocycles. The van der Waals surface area contributed by atoms with Gasteiger partial charge in [-0.15, -0.1) is 0 Å². The van der Waals surface area contributed by atoms with Gasteiger partial charge < -0.3 is 4.90 Å². The van der Waals surface area contributed by atoms with E-state index >= 15 is 0 Å². The van der Waals surface area contributed by atoms with E-state index in [1.807, 2.05) is 17.0 Å². The van der Waals surface area contributed by atoms with Crippen molar-refractivity contribution in [3.63, 3.8) is 0 Å². The Hall–Kier alpha value is -1.20. The van der Waals surface area contributed by atoms with E-state index in [1.54, 1.807) is 17.0 Å². The van der Waals surface area contributed by atoms with E-state index in [2.05, 4.69) is 0 Å². The number of amides is 1. The van der Waals surface area contributed by atoms with Crippen molar-refractivity contribution in [3.05, 3.63) is 34.9 Å². The van der Waals surface area contributed by atoms with E-state index in [-0.39, 0.29) is 24.9 Å². The highest BCUT2D eigenvalue weighted by Crippen LogP contribution is 2.47. The van der Waals surface area contributed by atoms with Gasteiger partial charge in [0.25, 0.3) is 5.92 Å². The van der Waals surface area contributed by atoms with Crippen LogP contribution in [0.2, 0.25) is 5.02 Å². The zero-order valence-corrected chi connectivity index (χ0v) is 15.7. The van der Waals surface area contributed by atoms with E-state index in [1.165, 1.54) is 6.42 Å². The number of alkyl halides is 2. The number of hydrogen-bond acceptors (Lipinski definition) is 2. The third kappa shape index (κ3) is 3.24. The molecule has 3 aliphatic rings. The van der Waals surface area contributed by atoms with Gasteiger partial charge in [0.05, 0.1) is 6.54 Å². The number of likely N-dealkylation sites (tertiary alicyclic amines) is 2. The molecule has 2 saturated heterocycles. The van der Waals surface area contributed by atoms with Gasteiger partial charge >= 0.3 is 0 Å². The van der Waals surface area contributed by atoms with Crippen molar-refractivity contribution < 1.29 is 13.6 Å². The summed E-state index contributed by atoms with van der Waals surface area (Å²) in [6.45, 7) is 0.619. The minimum Gasteiger partial charge on any atom is -0.338 e. The topological polar surface area (TPSA) is 23.6 Å². The molecule has 0 N–H and O–H groups in total. The minimum atomic E-state index is -2.81. The molecule has 2 aliphatic heterocycles. The van der Waals surface area contributed by atoms with Gasteiger partial charge in [-0.05, 0) is 37.0 Å².